The summed E-state index contributed by atoms with van der Waals surface area (Å²) in [6, 6.07) is 4.66. The van der Waals surface area contributed by atoms with E-state index in [1.807, 2.05) is 19.9 Å². The normalized spacial score (nSPS) is 13.8. The van der Waals surface area contributed by atoms with Crippen LogP contribution >= 0.6 is 0 Å². The zero-order valence-corrected chi connectivity index (χ0v) is 17.7. The van der Waals surface area contributed by atoms with Crippen LogP contribution in [-0.2, 0) is 19.2 Å². The molecule has 8 heteroatoms. The van der Waals surface area contributed by atoms with Gasteiger partial charge in [-0.2, -0.15) is 0 Å². The number of amides is 4. The molecule has 0 aromatic heterocycles. The van der Waals surface area contributed by atoms with E-state index < -0.39 is 35.8 Å². The molecule has 1 radical (unpaired) electrons. The summed E-state index contributed by atoms with van der Waals surface area (Å²) in [6.07, 6.45) is 0.389. The Morgan fingerprint density at radius 3 is 2.00 bits per heavy atom. The number of hydrogen-bond acceptors (Lipinski definition) is 4. The van der Waals surface area contributed by atoms with E-state index in [4.69, 9.17) is 0 Å². The molecule has 1 aromatic carbocycles. The molecule has 3 atom stereocenters. The van der Waals surface area contributed by atoms with Gasteiger partial charge in [0.25, 0.3) is 0 Å². The highest BCUT2D eigenvalue weighted by molar-refractivity contribution is 5.99. The number of carbonyl (C=O) groups excluding carboxylic acids is 4. The van der Waals surface area contributed by atoms with Gasteiger partial charge in [0, 0.05) is 12.6 Å². The zero-order valence-electron chi connectivity index (χ0n) is 17.7. The second-order valence-electron chi connectivity index (χ2n) is 7.49. The van der Waals surface area contributed by atoms with Crippen LogP contribution in [0.15, 0.2) is 24.3 Å². The van der Waals surface area contributed by atoms with Gasteiger partial charge in [0.05, 0.1) is 0 Å². The van der Waals surface area contributed by atoms with Crippen molar-refractivity contribution in [1.82, 2.24) is 16.0 Å². The lowest BCUT2D eigenvalue weighted by atomic mass is 10.0. The Hall–Kier alpha value is -2.90. The number of benzene rings is 1. The number of nitrogens with one attached hydrogen (secondary N) is 4. The van der Waals surface area contributed by atoms with E-state index in [2.05, 4.69) is 28.2 Å². The quantitative estimate of drug-likeness (QED) is 0.498. The number of anilines is 1. The second kappa shape index (κ2) is 11.2. The predicted octanol–water partition coefficient (Wildman–Crippen LogP) is 1.37. The molecule has 3 unspecified atom stereocenters. The molecular formula is C21H31N4O4. The lowest BCUT2D eigenvalue weighted by Crippen LogP contribution is -2.55. The highest BCUT2D eigenvalue weighted by atomic mass is 16.2. The average molecular weight is 404 g/mol. The lowest BCUT2D eigenvalue weighted by molar-refractivity contribution is -0.132. The van der Waals surface area contributed by atoms with E-state index >= 15 is 0 Å². The molecule has 0 heterocycles. The van der Waals surface area contributed by atoms with Gasteiger partial charge in [-0.3, -0.25) is 19.2 Å². The molecule has 0 spiro atoms. The third-order valence-electron chi connectivity index (χ3n) is 4.18. The molecule has 0 fully saturated rings. The minimum absolute atomic E-state index is 0.129. The molecule has 4 amide bonds. The van der Waals surface area contributed by atoms with Gasteiger partial charge in [0.1, 0.15) is 18.1 Å². The van der Waals surface area contributed by atoms with Crippen LogP contribution in [0.4, 0.5) is 5.69 Å². The molecule has 0 aliphatic carbocycles. The molecule has 159 valence electrons. The Bertz CT molecular complexity index is 748. The van der Waals surface area contributed by atoms with Crippen LogP contribution in [0.3, 0.4) is 0 Å². The van der Waals surface area contributed by atoms with Crippen molar-refractivity contribution >= 4 is 29.3 Å². The maximum atomic E-state index is 12.7. The van der Waals surface area contributed by atoms with Crippen LogP contribution in [0.5, 0.6) is 0 Å². The fourth-order valence-electron chi connectivity index (χ4n) is 2.63. The Morgan fingerprint density at radius 1 is 0.862 bits per heavy atom. The Morgan fingerprint density at radius 2 is 1.45 bits per heavy atom. The summed E-state index contributed by atoms with van der Waals surface area (Å²) in [7, 11) is 0. The standard InChI is InChI=1S/C21H31N4O4/c1-12(2)11-18(25-19(27)14(4)22-16(6)26)21(29)23-15(5)20(28)24-17-10-8-7-9-13(17)3/h7-10,12,14-15,18H,3,11H2,1-2,4-6H3,(H,22,26)(H,23,29)(H,24,28)(H,25,27). The summed E-state index contributed by atoms with van der Waals surface area (Å²) >= 11 is 0. The molecule has 1 aromatic rings. The van der Waals surface area contributed by atoms with E-state index in [1.165, 1.54) is 13.8 Å². The van der Waals surface area contributed by atoms with Crippen molar-refractivity contribution in [2.24, 2.45) is 5.92 Å². The molecule has 0 bridgehead atoms. The van der Waals surface area contributed by atoms with Crippen molar-refractivity contribution in [2.45, 2.75) is 59.2 Å². The van der Waals surface area contributed by atoms with Gasteiger partial charge in [-0.05, 0) is 44.7 Å². The Kier molecular flexibility index (Phi) is 9.31. The van der Waals surface area contributed by atoms with Crippen molar-refractivity contribution in [3.8, 4) is 0 Å². The van der Waals surface area contributed by atoms with Crippen LogP contribution in [0.25, 0.3) is 0 Å². The smallest absolute Gasteiger partial charge is 0.246 e. The fraction of sp³-hybridized carbons (Fsp3) is 0.476. The van der Waals surface area contributed by atoms with E-state index in [1.54, 1.807) is 25.1 Å². The maximum Gasteiger partial charge on any atom is 0.246 e. The van der Waals surface area contributed by atoms with Crippen LogP contribution in [-0.4, -0.2) is 41.8 Å². The minimum atomic E-state index is -0.825. The molecule has 4 N–H and O–H groups in total. The van der Waals surface area contributed by atoms with Gasteiger partial charge >= 0.3 is 0 Å². The van der Waals surface area contributed by atoms with Crippen molar-refractivity contribution in [1.29, 1.82) is 0 Å². The van der Waals surface area contributed by atoms with Gasteiger partial charge < -0.3 is 21.3 Å². The van der Waals surface area contributed by atoms with E-state index in [0.717, 1.165) is 0 Å². The third kappa shape index (κ3) is 8.33. The Balaban J connectivity index is 2.75. The topological polar surface area (TPSA) is 116 Å². The number of hydrogen-bond donors (Lipinski definition) is 4. The van der Waals surface area contributed by atoms with E-state index in [9.17, 15) is 19.2 Å². The van der Waals surface area contributed by atoms with E-state index in [0.29, 0.717) is 17.7 Å². The Labute approximate surface area is 172 Å². The molecule has 0 saturated heterocycles. The molecule has 1 rings (SSSR count). The SMILES string of the molecule is [CH2]c1ccccc1NC(=O)C(C)NC(=O)C(CC(C)C)NC(=O)C(C)NC(C)=O. The number of rotatable bonds is 9. The van der Waals surface area contributed by atoms with Gasteiger partial charge in [-0.15, -0.1) is 0 Å². The molecular weight excluding hydrogens is 372 g/mol. The van der Waals surface area contributed by atoms with E-state index in [-0.39, 0.29) is 11.8 Å². The monoisotopic (exact) mass is 403 g/mol. The molecule has 0 aliphatic heterocycles. The van der Waals surface area contributed by atoms with Crippen LogP contribution in [0, 0.1) is 12.8 Å². The first-order chi connectivity index (χ1) is 13.5. The van der Waals surface area contributed by atoms with Crippen LogP contribution < -0.4 is 21.3 Å². The largest absolute Gasteiger partial charge is 0.345 e. The van der Waals surface area contributed by atoms with Gasteiger partial charge in [-0.25, -0.2) is 0 Å². The first-order valence-corrected chi connectivity index (χ1v) is 9.61. The summed E-state index contributed by atoms with van der Waals surface area (Å²) in [5, 5.41) is 10.5. The first kappa shape index (κ1) is 24.1. The summed E-state index contributed by atoms with van der Waals surface area (Å²) in [5.74, 6) is -1.54. The summed E-state index contributed by atoms with van der Waals surface area (Å²) in [4.78, 5) is 48.5. The zero-order chi connectivity index (χ0) is 22.1. The summed E-state index contributed by atoms with van der Waals surface area (Å²) < 4.78 is 0. The highest BCUT2D eigenvalue weighted by Crippen LogP contribution is 2.13. The third-order valence-corrected chi connectivity index (χ3v) is 4.18. The summed E-state index contributed by atoms with van der Waals surface area (Å²) in [6.45, 7) is 12.1. The van der Waals surface area contributed by atoms with Crippen LogP contribution in [0.1, 0.15) is 46.6 Å². The van der Waals surface area contributed by atoms with Crippen molar-refractivity contribution < 1.29 is 19.2 Å². The molecule has 8 nitrogen and oxygen atoms in total. The fourth-order valence-corrected chi connectivity index (χ4v) is 2.63. The summed E-state index contributed by atoms with van der Waals surface area (Å²) in [5.41, 5.74) is 1.23. The van der Waals surface area contributed by atoms with Crippen molar-refractivity contribution in [2.75, 3.05) is 5.32 Å². The minimum Gasteiger partial charge on any atom is -0.345 e. The maximum absolute atomic E-state index is 12.7. The van der Waals surface area contributed by atoms with Gasteiger partial charge in [0.15, 0.2) is 0 Å². The first-order valence-electron chi connectivity index (χ1n) is 9.61. The lowest BCUT2D eigenvalue weighted by Gasteiger charge is -2.24. The van der Waals surface area contributed by atoms with Gasteiger partial charge in [-0.1, -0.05) is 32.0 Å². The highest BCUT2D eigenvalue weighted by Gasteiger charge is 2.27. The molecule has 29 heavy (non-hydrogen) atoms. The second-order valence-corrected chi connectivity index (χ2v) is 7.49. The van der Waals surface area contributed by atoms with Crippen molar-refractivity contribution in [3.63, 3.8) is 0 Å². The number of carbonyl (C=O) groups is 4. The van der Waals surface area contributed by atoms with Crippen molar-refractivity contribution in [3.05, 3.63) is 36.8 Å². The molecule has 0 saturated carbocycles. The molecule has 0 aliphatic rings. The van der Waals surface area contributed by atoms with Gasteiger partial charge in [0.2, 0.25) is 23.6 Å². The van der Waals surface area contributed by atoms with Crippen LogP contribution in [0.2, 0.25) is 0 Å². The average Bonchev–Trinajstić information content (AvgIpc) is 2.61. The number of para-hydroxylation sites is 1. The predicted molar refractivity (Wildman–Crippen MR) is 112 cm³/mol.